The SMILES string of the molecule is CCCN(CC(=O)Nc1ccccc1OC)CC(=O)N(C)Cc1ccc(C)o1. The van der Waals surface area contributed by atoms with E-state index in [-0.39, 0.29) is 24.9 Å². The van der Waals surface area contributed by atoms with Crippen molar-refractivity contribution < 1.29 is 18.7 Å². The van der Waals surface area contributed by atoms with E-state index in [0.29, 0.717) is 24.5 Å². The summed E-state index contributed by atoms with van der Waals surface area (Å²) >= 11 is 0. The number of rotatable bonds is 10. The fraction of sp³-hybridized carbons (Fsp3) is 0.429. The van der Waals surface area contributed by atoms with Crippen LogP contribution < -0.4 is 10.1 Å². The van der Waals surface area contributed by atoms with E-state index in [0.717, 1.165) is 17.9 Å². The van der Waals surface area contributed by atoms with Crippen LogP contribution in [-0.4, -0.2) is 55.4 Å². The van der Waals surface area contributed by atoms with Gasteiger partial charge in [0.1, 0.15) is 17.3 Å². The van der Waals surface area contributed by atoms with E-state index in [1.807, 2.05) is 43.0 Å². The maximum absolute atomic E-state index is 12.6. The summed E-state index contributed by atoms with van der Waals surface area (Å²) < 4.78 is 10.8. The maximum atomic E-state index is 12.6. The molecule has 0 aliphatic carbocycles. The van der Waals surface area contributed by atoms with Crippen LogP contribution in [0.2, 0.25) is 0 Å². The molecule has 28 heavy (non-hydrogen) atoms. The van der Waals surface area contributed by atoms with Crippen molar-refractivity contribution in [1.29, 1.82) is 0 Å². The molecule has 0 aliphatic rings. The lowest BCUT2D eigenvalue weighted by atomic mass is 10.3. The van der Waals surface area contributed by atoms with Crippen molar-refractivity contribution in [3.05, 3.63) is 47.9 Å². The third kappa shape index (κ3) is 6.42. The van der Waals surface area contributed by atoms with Crippen LogP contribution in [0.4, 0.5) is 5.69 Å². The lowest BCUT2D eigenvalue weighted by molar-refractivity contribution is -0.132. The molecule has 0 unspecified atom stereocenters. The molecular weight excluding hydrogens is 358 g/mol. The number of aryl methyl sites for hydroxylation is 1. The Morgan fingerprint density at radius 1 is 1.14 bits per heavy atom. The van der Waals surface area contributed by atoms with Crippen molar-refractivity contribution in [1.82, 2.24) is 9.80 Å². The fourth-order valence-corrected chi connectivity index (χ4v) is 2.88. The number of furan rings is 1. The zero-order valence-electron chi connectivity index (χ0n) is 17.0. The molecule has 2 rings (SSSR count). The van der Waals surface area contributed by atoms with Crippen molar-refractivity contribution in [2.45, 2.75) is 26.8 Å². The van der Waals surface area contributed by atoms with Gasteiger partial charge in [0, 0.05) is 7.05 Å². The average molecular weight is 387 g/mol. The molecule has 0 saturated heterocycles. The summed E-state index contributed by atoms with van der Waals surface area (Å²) in [5.41, 5.74) is 0.614. The number of hydrogen-bond donors (Lipinski definition) is 1. The molecule has 1 aromatic carbocycles. The zero-order chi connectivity index (χ0) is 20.5. The molecule has 1 aromatic heterocycles. The number of amides is 2. The number of carbonyl (C=O) groups excluding carboxylic acids is 2. The van der Waals surface area contributed by atoms with Crippen molar-refractivity contribution in [2.75, 3.05) is 39.1 Å². The van der Waals surface area contributed by atoms with E-state index in [1.165, 1.54) is 0 Å². The van der Waals surface area contributed by atoms with Crippen LogP contribution in [0.15, 0.2) is 40.8 Å². The lowest BCUT2D eigenvalue weighted by Gasteiger charge is -2.24. The van der Waals surface area contributed by atoms with Crippen molar-refractivity contribution in [2.24, 2.45) is 0 Å². The van der Waals surface area contributed by atoms with Crippen LogP contribution in [0.1, 0.15) is 24.9 Å². The molecule has 0 aliphatic heterocycles. The highest BCUT2D eigenvalue weighted by Gasteiger charge is 2.18. The second-order valence-electron chi connectivity index (χ2n) is 6.72. The number of nitrogens with zero attached hydrogens (tertiary/aromatic N) is 2. The Balaban J connectivity index is 1.92. The summed E-state index contributed by atoms with van der Waals surface area (Å²) in [5.74, 6) is 1.91. The monoisotopic (exact) mass is 387 g/mol. The lowest BCUT2D eigenvalue weighted by Crippen LogP contribution is -2.42. The highest BCUT2D eigenvalue weighted by atomic mass is 16.5. The highest BCUT2D eigenvalue weighted by molar-refractivity contribution is 5.94. The predicted octanol–water partition coefficient (Wildman–Crippen LogP) is 2.91. The van der Waals surface area contributed by atoms with Gasteiger partial charge in [0.05, 0.1) is 32.4 Å². The van der Waals surface area contributed by atoms with Gasteiger partial charge in [-0.25, -0.2) is 0 Å². The van der Waals surface area contributed by atoms with E-state index in [2.05, 4.69) is 5.32 Å². The van der Waals surface area contributed by atoms with Crippen LogP contribution in [-0.2, 0) is 16.1 Å². The molecular formula is C21H29N3O4. The third-order valence-electron chi connectivity index (χ3n) is 4.26. The predicted molar refractivity (Wildman–Crippen MR) is 108 cm³/mol. The molecule has 152 valence electrons. The van der Waals surface area contributed by atoms with Crippen LogP contribution in [0, 0.1) is 6.92 Å². The molecule has 0 bridgehead atoms. The topological polar surface area (TPSA) is 75.0 Å². The maximum Gasteiger partial charge on any atom is 0.238 e. The fourth-order valence-electron chi connectivity index (χ4n) is 2.88. The number of ether oxygens (including phenoxy) is 1. The highest BCUT2D eigenvalue weighted by Crippen LogP contribution is 2.22. The summed E-state index contributed by atoms with van der Waals surface area (Å²) in [6.45, 7) is 5.24. The molecule has 0 spiro atoms. The van der Waals surface area contributed by atoms with E-state index >= 15 is 0 Å². The number of anilines is 1. The minimum atomic E-state index is -0.185. The number of likely N-dealkylation sites (N-methyl/N-ethyl adjacent to an activating group) is 1. The normalized spacial score (nSPS) is 10.8. The van der Waals surface area contributed by atoms with Crippen LogP contribution in [0.3, 0.4) is 0 Å². The summed E-state index contributed by atoms with van der Waals surface area (Å²) in [6.07, 6.45) is 0.844. The quantitative estimate of drug-likeness (QED) is 0.678. The number of para-hydroxylation sites is 2. The van der Waals surface area contributed by atoms with Crippen LogP contribution >= 0.6 is 0 Å². The Bertz CT molecular complexity index is 787. The first kappa shape index (κ1) is 21.5. The van der Waals surface area contributed by atoms with Gasteiger partial charge in [-0.1, -0.05) is 19.1 Å². The Morgan fingerprint density at radius 2 is 1.89 bits per heavy atom. The van der Waals surface area contributed by atoms with Gasteiger partial charge in [-0.15, -0.1) is 0 Å². The van der Waals surface area contributed by atoms with E-state index in [9.17, 15) is 9.59 Å². The summed E-state index contributed by atoms with van der Waals surface area (Å²) in [5, 5.41) is 2.85. The van der Waals surface area contributed by atoms with E-state index in [1.54, 1.807) is 31.2 Å². The Morgan fingerprint density at radius 3 is 2.54 bits per heavy atom. The van der Waals surface area contributed by atoms with E-state index in [4.69, 9.17) is 9.15 Å². The molecule has 7 nitrogen and oxygen atoms in total. The molecule has 1 N–H and O–H groups in total. The largest absolute Gasteiger partial charge is 0.495 e. The molecule has 2 aromatic rings. The minimum absolute atomic E-state index is 0.0624. The number of methoxy groups -OCH3 is 1. The van der Waals surface area contributed by atoms with Gasteiger partial charge < -0.3 is 19.4 Å². The Hall–Kier alpha value is -2.80. The second-order valence-corrected chi connectivity index (χ2v) is 6.72. The third-order valence-corrected chi connectivity index (χ3v) is 4.26. The summed E-state index contributed by atoms with van der Waals surface area (Å²) in [7, 11) is 3.29. The van der Waals surface area contributed by atoms with Gasteiger partial charge >= 0.3 is 0 Å². The van der Waals surface area contributed by atoms with Gasteiger partial charge in [-0.3, -0.25) is 14.5 Å². The van der Waals surface area contributed by atoms with E-state index < -0.39 is 0 Å². The first-order valence-electron chi connectivity index (χ1n) is 9.37. The van der Waals surface area contributed by atoms with Crippen molar-refractivity contribution in [3.63, 3.8) is 0 Å². The summed E-state index contributed by atoms with van der Waals surface area (Å²) in [6, 6.07) is 11.0. The summed E-state index contributed by atoms with van der Waals surface area (Å²) in [4.78, 5) is 28.5. The Kier molecular flexibility index (Phi) is 8.07. The van der Waals surface area contributed by atoms with Crippen LogP contribution in [0.5, 0.6) is 5.75 Å². The second kappa shape index (κ2) is 10.5. The standard InChI is InChI=1S/C21H29N3O4/c1-5-12-24(14-20(25)22-18-8-6-7-9-19(18)27-4)15-21(26)23(3)13-17-11-10-16(2)28-17/h6-11H,5,12-15H2,1-4H3,(H,22,25). The van der Waals surface area contributed by atoms with Gasteiger partial charge in [-0.05, 0) is 44.2 Å². The average Bonchev–Trinajstić information content (AvgIpc) is 3.06. The molecule has 0 saturated carbocycles. The van der Waals surface area contributed by atoms with Crippen molar-refractivity contribution >= 4 is 17.5 Å². The first-order chi connectivity index (χ1) is 13.4. The van der Waals surface area contributed by atoms with Crippen LogP contribution in [0.25, 0.3) is 0 Å². The molecule has 0 atom stereocenters. The van der Waals surface area contributed by atoms with Gasteiger partial charge in [-0.2, -0.15) is 0 Å². The molecule has 7 heteroatoms. The smallest absolute Gasteiger partial charge is 0.238 e. The Labute approximate surface area is 166 Å². The number of hydrogen-bond acceptors (Lipinski definition) is 5. The molecule has 0 fully saturated rings. The number of benzene rings is 1. The number of nitrogens with one attached hydrogen (secondary N) is 1. The zero-order valence-corrected chi connectivity index (χ0v) is 17.0. The molecule has 0 radical (unpaired) electrons. The number of carbonyl (C=O) groups is 2. The molecule has 1 heterocycles. The van der Waals surface area contributed by atoms with Crippen molar-refractivity contribution in [3.8, 4) is 5.75 Å². The molecule has 2 amide bonds. The van der Waals surface area contributed by atoms with Gasteiger partial charge in [0.2, 0.25) is 11.8 Å². The van der Waals surface area contributed by atoms with Gasteiger partial charge in [0.15, 0.2) is 0 Å². The first-order valence-corrected chi connectivity index (χ1v) is 9.37. The minimum Gasteiger partial charge on any atom is -0.495 e. The van der Waals surface area contributed by atoms with Gasteiger partial charge in [0.25, 0.3) is 0 Å².